The van der Waals surface area contributed by atoms with Crippen molar-refractivity contribution in [3.8, 4) is 5.75 Å². The standard InChI is InChI=1S/C15H13N5O3/c1-10(21)11-4-2-5-12(8-11)23-9-13(22)17-14-18-15-16-6-3-7-20(15)19-14/h2-8H,9H2,1H3,(H,17,19,22). The van der Waals surface area contributed by atoms with Crippen LogP contribution in [0.5, 0.6) is 5.75 Å². The minimum Gasteiger partial charge on any atom is -0.484 e. The number of ketones is 1. The van der Waals surface area contributed by atoms with Crippen LogP contribution in [0.1, 0.15) is 17.3 Å². The second-order valence-electron chi connectivity index (χ2n) is 4.72. The molecule has 2 heterocycles. The first-order valence-electron chi connectivity index (χ1n) is 6.83. The first-order valence-corrected chi connectivity index (χ1v) is 6.83. The van der Waals surface area contributed by atoms with Crippen molar-refractivity contribution in [1.29, 1.82) is 0 Å². The molecule has 0 spiro atoms. The predicted molar refractivity (Wildman–Crippen MR) is 81.4 cm³/mol. The van der Waals surface area contributed by atoms with Gasteiger partial charge in [-0.3, -0.25) is 14.9 Å². The molecule has 0 radical (unpaired) electrons. The predicted octanol–water partition coefficient (Wildman–Crippen LogP) is 1.34. The molecule has 1 aromatic carbocycles. The maximum Gasteiger partial charge on any atom is 0.264 e. The topological polar surface area (TPSA) is 98.5 Å². The summed E-state index contributed by atoms with van der Waals surface area (Å²) in [4.78, 5) is 31.2. The van der Waals surface area contributed by atoms with E-state index in [0.29, 0.717) is 17.1 Å². The maximum absolute atomic E-state index is 11.9. The number of anilines is 1. The number of Topliss-reactive ketones (excluding diaryl/α,β-unsaturated/α-hetero) is 1. The Morgan fingerprint density at radius 1 is 1.30 bits per heavy atom. The van der Waals surface area contributed by atoms with Crippen LogP contribution < -0.4 is 10.1 Å². The summed E-state index contributed by atoms with van der Waals surface area (Å²) in [5.74, 6) is 0.501. The highest BCUT2D eigenvalue weighted by Gasteiger charge is 2.09. The van der Waals surface area contributed by atoms with Gasteiger partial charge in [-0.2, -0.15) is 4.98 Å². The summed E-state index contributed by atoms with van der Waals surface area (Å²) < 4.78 is 6.81. The lowest BCUT2D eigenvalue weighted by atomic mass is 10.1. The maximum atomic E-state index is 11.9. The number of rotatable bonds is 5. The fourth-order valence-electron chi connectivity index (χ4n) is 1.90. The number of carbonyl (C=O) groups excluding carboxylic acids is 2. The third kappa shape index (κ3) is 3.49. The Bertz CT molecular complexity index is 841. The first-order chi connectivity index (χ1) is 11.1. The van der Waals surface area contributed by atoms with Gasteiger partial charge in [0, 0.05) is 18.0 Å². The van der Waals surface area contributed by atoms with Crippen LogP contribution in [0, 0.1) is 0 Å². The van der Waals surface area contributed by atoms with Gasteiger partial charge in [-0.05, 0) is 25.1 Å². The van der Waals surface area contributed by atoms with Crippen molar-refractivity contribution in [2.45, 2.75) is 6.92 Å². The summed E-state index contributed by atoms with van der Waals surface area (Å²) in [6.45, 7) is 1.25. The fourth-order valence-corrected chi connectivity index (χ4v) is 1.90. The van der Waals surface area contributed by atoms with E-state index >= 15 is 0 Å². The number of ether oxygens (including phenoxy) is 1. The number of hydrogen-bond donors (Lipinski definition) is 1. The molecule has 0 atom stereocenters. The van der Waals surface area contributed by atoms with Crippen molar-refractivity contribution in [3.05, 3.63) is 48.3 Å². The molecule has 3 rings (SSSR count). The smallest absolute Gasteiger partial charge is 0.264 e. The molecule has 0 unspecified atom stereocenters. The molecule has 3 aromatic rings. The summed E-state index contributed by atoms with van der Waals surface area (Å²) in [5, 5.41) is 6.58. The van der Waals surface area contributed by atoms with E-state index in [1.54, 1.807) is 42.7 Å². The van der Waals surface area contributed by atoms with E-state index in [9.17, 15) is 9.59 Å². The van der Waals surface area contributed by atoms with Crippen molar-refractivity contribution in [2.24, 2.45) is 0 Å². The van der Waals surface area contributed by atoms with Crippen molar-refractivity contribution >= 4 is 23.4 Å². The zero-order valence-electron chi connectivity index (χ0n) is 12.3. The first kappa shape index (κ1) is 14.6. The third-order valence-corrected chi connectivity index (χ3v) is 2.98. The second-order valence-corrected chi connectivity index (χ2v) is 4.72. The van der Waals surface area contributed by atoms with Gasteiger partial charge in [0.2, 0.25) is 0 Å². The highest BCUT2D eigenvalue weighted by atomic mass is 16.5. The van der Waals surface area contributed by atoms with E-state index in [2.05, 4.69) is 20.4 Å². The number of hydrogen-bond acceptors (Lipinski definition) is 6. The van der Waals surface area contributed by atoms with Gasteiger partial charge in [-0.1, -0.05) is 12.1 Å². The van der Waals surface area contributed by atoms with Crippen LogP contribution >= 0.6 is 0 Å². The number of nitrogens with one attached hydrogen (secondary N) is 1. The quantitative estimate of drug-likeness (QED) is 0.714. The monoisotopic (exact) mass is 311 g/mol. The lowest BCUT2D eigenvalue weighted by Gasteiger charge is -2.06. The molecular weight excluding hydrogens is 298 g/mol. The van der Waals surface area contributed by atoms with E-state index in [0.717, 1.165) is 0 Å². The lowest BCUT2D eigenvalue weighted by Crippen LogP contribution is -2.21. The van der Waals surface area contributed by atoms with Gasteiger partial charge in [-0.15, -0.1) is 5.10 Å². The van der Waals surface area contributed by atoms with Crippen LogP contribution in [0.15, 0.2) is 42.7 Å². The van der Waals surface area contributed by atoms with Gasteiger partial charge >= 0.3 is 0 Å². The summed E-state index contributed by atoms with van der Waals surface area (Å²) in [6, 6.07) is 8.34. The van der Waals surface area contributed by atoms with Crippen LogP contribution in [0.25, 0.3) is 5.78 Å². The molecule has 0 saturated heterocycles. The van der Waals surface area contributed by atoms with E-state index in [4.69, 9.17) is 4.74 Å². The highest BCUT2D eigenvalue weighted by Crippen LogP contribution is 2.13. The Morgan fingerprint density at radius 2 is 2.17 bits per heavy atom. The average Bonchev–Trinajstić information content (AvgIpc) is 2.95. The molecule has 116 valence electrons. The Kier molecular flexibility index (Phi) is 3.96. The molecule has 0 aliphatic rings. The van der Waals surface area contributed by atoms with Crippen LogP contribution in [0.3, 0.4) is 0 Å². The summed E-state index contributed by atoms with van der Waals surface area (Å²) in [6.07, 6.45) is 3.26. The molecule has 0 bridgehead atoms. The van der Waals surface area contributed by atoms with Crippen LogP contribution in [-0.4, -0.2) is 37.9 Å². The number of carbonyl (C=O) groups is 2. The molecule has 23 heavy (non-hydrogen) atoms. The van der Waals surface area contributed by atoms with Gasteiger partial charge in [-0.25, -0.2) is 9.50 Å². The zero-order valence-corrected chi connectivity index (χ0v) is 12.3. The highest BCUT2D eigenvalue weighted by molar-refractivity contribution is 5.94. The number of aromatic nitrogens is 4. The SMILES string of the molecule is CC(=O)c1cccc(OCC(=O)Nc2nc3ncccn3n2)c1. The average molecular weight is 311 g/mol. The van der Waals surface area contributed by atoms with E-state index in [-0.39, 0.29) is 18.3 Å². The summed E-state index contributed by atoms with van der Waals surface area (Å²) >= 11 is 0. The minimum absolute atomic E-state index is 0.0682. The Morgan fingerprint density at radius 3 is 2.96 bits per heavy atom. The molecule has 0 aliphatic carbocycles. The zero-order chi connectivity index (χ0) is 16.2. The van der Waals surface area contributed by atoms with E-state index in [1.807, 2.05) is 0 Å². The van der Waals surface area contributed by atoms with E-state index in [1.165, 1.54) is 11.4 Å². The molecule has 0 saturated carbocycles. The normalized spacial score (nSPS) is 10.5. The van der Waals surface area contributed by atoms with Crippen LogP contribution in [-0.2, 0) is 4.79 Å². The Labute approximate surface area is 131 Å². The van der Waals surface area contributed by atoms with Crippen molar-refractivity contribution in [3.63, 3.8) is 0 Å². The third-order valence-electron chi connectivity index (χ3n) is 2.98. The number of nitrogens with zero attached hydrogens (tertiary/aromatic N) is 4. The van der Waals surface area contributed by atoms with Gasteiger partial charge in [0.15, 0.2) is 12.4 Å². The largest absolute Gasteiger partial charge is 0.484 e. The van der Waals surface area contributed by atoms with Gasteiger partial charge in [0.05, 0.1) is 0 Å². The molecule has 8 heteroatoms. The molecule has 0 fully saturated rings. The van der Waals surface area contributed by atoms with Crippen molar-refractivity contribution < 1.29 is 14.3 Å². The van der Waals surface area contributed by atoms with E-state index < -0.39 is 5.91 Å². The lowest BCUT2D eigenvalue weighted by molar-refractivity contribution is -0.118. The number of amides is 1. The Balaban J connectivity index is 1.61. The number of benzene rings is 1. The molecular formula is C15H13N5O3. The van der Waals surface area contributed by atoms with Crippen molar-refractivity contribution in [2.75, 3.05) is 11.9 Å². The van der Waals surface area contributed by atoms with Crippen molar-refractivity contribution in [1.82, 2.24) is 19.6 Å². The molecule has 8 nitrogen and oxygen atoms in total. The molecule has 1 amide bonds. The minimum atomic E-state index is -0.408. The molecule has 2 aromatic heterocycles. The molecule has 0 aliphatic heterocycles. The van der Waals surface area contributed by atoms with Gasteiger partial charge in [0.25, 0.3) is 17.6 Å². The van der Waals surface area contributed by atoms with Gasteiger partial charge < -0.3 is 4.74 Å². The fraction of sp³-hybridized carbons (Fsp3) is 0.133. The Hall–Kier alpha value is -3.29. The second kappa shape index (κ2) is 6.22. The van der Waals surface area contributed by atoms with Gasteiger partial charge in [0.1, 0.15) is 5.75 Å². The number of fused-ring (bicyclic) bond motifs is 1. The van der Waals surface area contributed by atoms with Crippen LogP contribution in [0.4, 0.5) is 5.95 Å². The molecule has 1 N–H and O–H groups in total. The summed E-state index contributed by atoms with van der Waals surface area (Å²) in [5.41, 5.74) is 0.524. The summed E-state index contributed by atoms with van der Waals surface area (Å²) in [7, 11) is 0. The van der Waals surface area contributed by atoms with Crippen LogP contribution in [0.2, 0.25) is 0 Å².